The number of hydrogen-bond acceptors (Lipinski definition) is 4. The topological polar surface area (TPSA) is 58.5 Å². The number of ether oxygens (including phenoxy) is 1. The largest absolute Gasteiger partial charge is 0.494 e. The van der Waals surface area contributed by atoms with Crippen LogP contribution in [0.1, 0.15) is 50.0 Å². The smallest absolute Gasteiger partial charge is 0.241 e. The van der Waals surface area contributed by atoms with E-state index in [-0.39, 0.29) is 24.0 Å². The Morgan fingerprint density at radius 3 is 2.81 bits per heavy atom. The molecule has 0 bridgehead atoms. The van der Waals surface area contributed by atoms with Gasteiger partial charge in [-0.25, -0.2) is 10.9 Å². The predicted molar refractivity (Wildman–Crippen MR) is 104 cm³/mol. The fourth-order valence-electron chi connectivity index (χ4n) is 4.34. The molecule has 3 atom stereocenters. The van der Waals surface area contributed by atoms with Crippen LogP contribution in [0, 0.1) is 0 Å². The Morgan fingerprint density at radius 2 is 2.00 bits per heavy atom. The zero-order valence-electron chi connectivity index (χ0n) is 16.0. The van der Waals surface area contributed by atoms with Crippen LogP contribution in [0.5, 0.6) is 5.75 Å². The van der Waals surface area contributed by atoms with E-state index in [1.54, 1.807) is 0 Å². The van der Waals surface area contributed by atoms with Crippen molar-refractivity contribution in [3.8, 4) is 5.75 Å². The minimum absolute atomic E-state index is 0.0652. The van der Waals surface area contributed by atoms with Gasteiger partial charge in [0.2, 0.25) is 5.91 Å². The predicted octanol–water partition coefficient (Wildman–Crippen LogP) is 2.79. The van der Waals surface area contributed by atoms with Gasteiger partial charge in [-0.1, -0.05) is 25.1 Å². The van der Waals surface area contributed by atoms with Gasteiger partial charge >= 0.3 is 0 Å². The van der Waals surface area contributed by atoms with Crippen LogP contribution in [-0.4, -0.2) is 34.6 Å². The fourth-order valence-corrected chi connectivity index (χ4v) is 4.34. The van der Waals surface area contributed by atoms with E-state index in [4.69, 9.17) is 4.74 Å². The molecule has 0 aliphatic carbocycles. The van der Waals surface area contributed by atoms with Gasteiger partial charge in [0.05, 0.1) is 18.7 Å². The number of carbonyl (C=O) groups is 1. The lowest BCUT2D eigenvalue weighted by Crippen LogP contribution is -2.50. The van der Waals surface area contributed by atoms with Crippen molar-refractivity contribution in [3.63, 3.8) is 0 Å². The maximum atomic E-state index is 13.3. The third kappa shape index (κ3) is 3.35. The van der Waals surface area contributed by atoms with Crippen molar-refractivity contribution < 1.29 is 9.53 Å². The number of carbonyl (C=O) groups excluding carboxylic acids is 1. The molecule has 0 radical (unpaired) electrons. The van der Waals surface area contributed by atoms with Gasteiger partial charge in [-0.05, 0) is 38.0 Å². The summed E-state index contributed by atoms with van der Waals surface area (Å²) in [5, 5.41) is 0. The van der Waals surface area contributed by atoms with Gasteiger partial charge in [0, 0.05) is 30.5 Å². The monoisotopic (exact) mass is 368 g/mol. The molecule has 0 spiro atoms. The Kier molecular flexibility index (Phi) is 5.18. The number of nitrogens with one attached hydrogen (secondary N) is 2. The number of amides is 1. The number of hydrazine groups is 1. The molecular formula is C21H28N4O2. The third-order valence-corrected chi connectivity index (χ3v) is 5.63. The number of para-hydroxylation sites is 1. The van der Waals surface area contributed by atoms with Crippen LogP contribution >= 0.6 is 0 Å². The van der Waals surface area contributed by atoms with Crippen molar-refractivity contribution in [2.45, 2.75) is 51.4 Å². The first kappa shape index (κ1) is 18.1. The average molecular weight is 368 g/mol. The SMILES string of the molecule is CCOc1ccccc1C1CC(C(=O)N2CCn3cccc3C2CC)NN1. The van der Waals surface area contributed by atoms with Crippen molar-refractivity contribution in [1.82, 2.24) is 20.3 Å². The molecular weight excluding hydrogens is 340 g/mol. The Morgan fingerprint density at radius 1 is 1.15 bits per heavy atom. The Labute approximate surface area is 160 Å². The molecule has 6 nitrogen and oxygen atoms in total. The van der Waals surface area contributed by atoms with Crippen molar-refractivity contribution in [2.75, 3.05) is 13.2 Å². The highest BCUT2D eigenvalue weighted by Gasteiger charge is 2.38. The lowest BCUT2D eigenvalue weighted by molar-refractivity contribution is -0.137. The number of aromatic nitrogens is 1. The third-order valence-electron chi connectivity index (χ3n) is 5.63. The molecule has 2 N–H and O–H groups in total. The molecule has 2 aliphatic heterocycles. The second kappa shape index (κ2) is 7.74. The number of benzene rings is 1. The number of hydrogen-bond donors (Lipinski definition) is 2. The van der Waals surface area contributed by atoms with Crippen molar-refractivity contribution >= 4 is 5.91 Å². The van der Waals surface area contributed by atoms with Crippen LogP contribution in [0.15, 0.2) is 42.6 Å². The van der Waals surface area contributed by atoms with Crippen molar-refractivity contribution in [3.05, 3.63) is 53.9 Å². The fraction of sp³-hybridized carbons (Fsp3) is 0.476. The molecule has 1 aromatic heterocycles. The molecule has 1 amide bonds. The summed E-state index contributed by atoms with van der Waals surface area (Å²) >= 11 is 0. The molecule has 1 fully saturated rings. The zero-order valence-corrected chi connectivity index (χ0v) is 16.0. The van der Waals surface area contributed by atoms with E-state index in [2.05, 4.69) is 46.7 Å². The number of fused-ring (bicyclic) bond motifs is 1. The summed E-state index contributed by atoms with van der Waals surface area (Å²) in [5.41, 5.74) is 8.87. The summed E-state index contributed by atoms with van der Waals surface area (Å²) in [6.07, 6.45) is 3.75. The normalized spacial score (nSPS) is 24.7. The van der Waals surface area contributed by atoms with Gasteiger partial charge in [0.25, 0.3) is 0 Å². The molecule has 4 rings (SSSR count). The van der Waals surface area contributed by atoms with Crippen LogP contribution in [0.25, 0.3) is 0 Å². The molecule has 2 aliphatic rings. The summed E-state index contributed by atoms with van der Waals surface area (Å²) < 4.78 is 8.02. The van der Waals surface area contributed by atoms with E-state index in [1.807, 2.05) is 30.0 Å². The second-order valence-electron chi connectivity index (χ2n) is 7.18. The lowest BCUT2D eigenvalue weighted by Gasteiger charge is -2.37. The second-order valence-corrected chi connectivity index (χ2v) is 7.18. The quantitative estimate of drug-likeness (QED) is 0.852. The molecule has 6 heteroatoms. The highest BCUT2D eigenvalue weighted by Crippen LogP contribution is 2.33. The first-order valence-electron chi connectivity index (χ1n) is 9.91. The summed E-state index contributed by atoms with van der Waals surface area (Å²) in [6.45, 7) is 6.39. The number of rotatable bonds is 5. The van der Waals surface area contributed by atoms with Gasteiger partial charge in [-0.2, -0.15) is 0 Å². The summed E-state index contributed by atoms with van der Waals surface area (Å²) in [4.78, 5) is 15.3. The van der Waals surface area contributed by atoms with Crippen LogP contribution < -0.4 is 15.6 Å². The minimum Gasteiger partial charge on any atom is -0.494 e. The molecule has 27 heavy (non-hydrogen) atoms. The van der Waals surface area contributed by atoms with E-state index in [0.29, 0.717) is 6.61 Å². The average Bonchev–Trinajstić information content (AvgIpc) is 3.37. The molecule has 3 heterocycles. The maximum absolute atomic E-state index is 13.3. The summed E-state index contributed by atoms with van der Waals surface area (Å²) in [6, 6.07) is 12.3. The molecule has 144 valence electrons. The standard InChI is InChI=1S/C21H28N4O2/c1-3-18-19-9-7-11-24(19)12-13-25(18)21(26)17-14-16(22-23-17)15-8-5-6-10-20(15)27-4-2/h5-11,16-18,22-23H,3-4,12-14H2,1-2H3. The van der Waals surface area contributed by atoms with Crippen molar-refractivity contribution in [2.24, 2.45) is 0 Å². The minimum atomic E-state index is -0.222. The zero-order chi connectivity index (χ0) is 18.8. The van der Waals surface area contributed by atoms with Gasteiger partial charge < -0.3 is 14.2 Å². The Balaban J connectivity index is 1.49. The Bertz CT molecular complexity index is 803. The van der Waals surface area contributed by atoms with Crippen LogP contribution in [0.3, 0.4) is 0 Å². The summed E-state index contributed by atoms with van der Waals surface area (Å²) in [7, 11) is 0. The van der Waals surface area contributed by atoms with E-state index < -0.39 is 0 Å². The van der Waals surface area contributed by atoms with E-state index >= 15 is 0 Å². The van der Waals surface area contributed by atoms with E-state index in [9.17, 15) is 4.79 Å². The van der Waals surface area contributed by atoms with Crippen molar-refractivity contribution in [1.29, 1.82) is 0 Å². The molecule has 0 saturated carbocycles. The highest BCUT2D eigenvalue weighted by molar-refractivity contribution is 5.83. The highest BCUT2D eigenvalue weighted by atomic mass is 16.5. The molecule has 1 aromatic carbocycles. The van der Waals surface area contributed by atoms with Crippen LogP contribution in [0.4, 0.5) is 0 Å². The molecule has 3 unspecified atom stereocenters. The number of nitrogens with zero attached hydrogens (tertiary/aromatic N) is 2. The molecule has 2 aromatic rings. The van der Waals surface area contributed by atoms with E-state index in [1.165, 1.54) is 5.69 Å². The van der Waals surface area contributed by atoms with Gasteiger partial charge in [0.1, 0.15) is 11.8 Å². The maximum Gasteiger partial charge on any atom is 0.241 e. The van der Waals surface area contributed by atoms with Gasteiger partial charge in [-0.3, -0.25) is 4.79 Å². The lowest BCUT2D eigenvalue weighted by atomic mass is 9.99. The summed E-state index contributed by atoms with van der Waals surface area (Å²) in [5.74, 6) is 1.06. The first-order chi connectivity index (χ1) is 13.2. The van der Waals surface area contributed by atoms with Gasteiger partial charge in [-0.15, -0.1) is 0 Å². The molecule has 1 saturated heterocycles. The van der Waals surface area contributed by atoms with Gasteiger partial charge in [0.15, 0.2) is 0 Å². The Hall–Kier alpha value is -2.31. The van der Waals surface area contributed by atoms with Crippen LogP contribution in [0.2, 0.25) is 0 Å². The van der Waals surface area contributed by atoms with E-state index in [0.717, 1.165) is 37.2 Å². The van der Waals surface area contributed by atoms with Crippen LogP contribution in [-0.2, 0) is 11.3 Å². The first-order valence-corrected chi connectivity index (χ1v) is 9.91.